The zero-order valence-electron chi connectivity index (χ0n) is 5.09. The number of halogens is 1. The monoisotopic (exact) mass is 152 g/mol. The van der Waals surface area contributed by atoms with Crippen molar-refractivity contribution in [3.63, 3.8) is 0 Å². The fourth-order valence-electron chi connectivity index (χ4n) is 0.172. The molecule has 1 aliphatic carbocycles. The molecule has 2 N–H and O–H groups in total. The second-order valence-corrected chi connectivity index (χ2v) is 3.11. The SMILES string of the molecule is CC1(Cl)CC1.O=C(O)O. The van der Waals surface area contributed by atoms with Crippen LogP contribution < -0.4 is 0 Å². The number of alkyl halides is 1. The van der Waals surface area contributed by atoms with Crippen molar-refractivity contribution in [3.05, 3.63) is 0 Å². The van der Waals surface area contributed by atoms with Crippen LogP contribution in [0, 0.1) is 0 Å². The summed E-state index contributed by atoms with van der Waals surface area (Å²) in [6.07, 6.45) is 0.600. The zero-order chi connectivity index (χ0) is 7.49. The first kappa shape index (κ1) is 8.56. The summed E-state index contributed by atoms with van der Waals surface area (Å²) >= 11 is 5.64. The Morgan fingerprint density at radius 3 is 1.67 bits per heavy atom. The highest BCUT2D eigenvalue weighted by molar-refractivity contribution is 6.25. The Balaban J connectivity index is 0.000000148. The summed E-state index contributed by atoms with van der Waals surface area (Å²) in [5.74, 6) is 0. The van der Waals surface area contributed by atoms with E-state index in [2.05, 4.69) is 6.92 Å². The first-order valence-corrected chi connectivity index (χ1v) is 2.93. The van der Waals surface area contributed by atoms with Crippen LogP contribution in [0.1, 0.15) is 19.8 Å². The summed E-state index contributed by atoms with van der Waals surface area (Å²) in [5.41, 5.74) is 0. The van der Waals surface area contributed by atoms with Crippen molar-refractivity contribution in [1.82, 2.24) is 0 Å². The lowest BCUT2D eigenvalue weighted by Gasteiger charge is -1.82. The fraction of sp³-hybridized carbons (Fsp3) is 0.800. The molecule has 1 aliphatic rings. The minimum Gasteiger partial charge on any atom is -0.450 e. The maximum atomic E-state index is 8.56. The van der Waals surface area contributed by atoms with Gasteiger partial charge in [0.25, 0.3) is 0 Å². The van der Waals surface area contributed by atoms with E-state index in [1.54, 1.807) is 0 Å². The van der Waals surface area contributed by atoms with Crippen molar-refractivity contribution in [2.24, 2.45) is 0 Å². The number of carboxylic acid groups (broad SMARTS) is 2. The molecule has 0 amide bonds. The van der Waals surface area contributed by atoms with Gasteiger partial charge < -0.3 is 10.2 Å². The van der Waals surface area contributed by atoms with Crippen LogP contribution in [0.15, 0.2) is 0 Å². The molecule has 0 heterocycles. The van der Waals surface area contributed by atoms with E-state index in [0.29, 0.717) is 0 Å². The maximum Gasteiger partial charge on any atom is 0.503 e. The summed E-state index contributed by atoms with van der Waals surface area (Å²) in [5, 5.41) is 13.9. The lowest BCUT2D eigenvalue weighted by atomic mass is 10.5. The summed E-state index contributed by atoms with van der Waals surface area (Å²) in [4.78, 5) is 8.78. The number of hydrogen-bond acceptors (Lipinski definition) is 1. The van der Waals surface area contributed by atoms with Crippen LogP contribution >= 0.6 is 11.6 Å². The summed E-state index contributed by atoms with van der Waals surface area (Å²) in [6.45, 7) is 2.06. The molecule has 4 heteroatoms. The quantitative estimate of drug-likeness (QED) is 0.522. The molecule has 54 valence electrons. The van der Waals surface area contributed by atoms with Crippen LogP contribution in [0.4, 0.5) is 4.79 Å². The molecule has 9 heavy (non-hydrogen) atoms. The summed E-state index contributed by atoms with van der Waals surface area (Å²) in [6, 6.07) is 0. The van der Waals surface area contributed by atoms with E-state index >= 15 is 0 Å². The van der Waals surface area contributed by atoms with E-state index in [9.17, 15) is 0 Å². The molecule has 0 bridgehead atoms. The third kappa shape index (κ3) is 11.2. The van der Waals surface area contributed by atoms with E-state index in [0.717, 1.165) is 0 Å². The maximum absolute atomic E-state index is 8.56. The van der Waals surface area contributed by atoms with Crippen molar-refractivity contribution in [3.8, 4) is 0 Å². The lowest BCUT2D eigenvalue weighted by molar-refractivity contribution is 0.137. The summed E-state index contributed by atoms with van der Waals surface area (Å²) < 4.78 is 0. The minimum atomic E-state index is -1.83. The Morgan fingerprint density at radius 1 is 1.56 bits per heavy atom. The van der Waals surface area contributed by atoms with Gasteiger partial charge in [0.05, 0.1) is 0 Å². The van der Waals surface area contributed by atoms with E-state index in [4.69, 9.17) is 26.6 Å². The van der Waals surface area contributed by atoms with Gasteiger partial charge in [0.2, 0.25) is 0 Å². The standard InChI is InChI=1S/C4H7Cl.CH2O3/c1-4(5)2-3-4;2-1(3)4/h2-3H2,1H3;(H2,2,3,4). The van der Waals surface area contributed by atoms with Gasteiger partial charge in [0.1, 0.15) is 0 Å². The molecule has 1 rings (SSSR count). The highest BCUT2D eigenvalue weighted by atomic mass is 35.5. The van der Waals surface area contributed by atoms with Crippen LogP contribution in [0.2, 0.25) is 0 Å². The van der Waals surface area contributed by atoms with Crippen molar-refractivity contribution >= 4 is 17.8 Å². The molecular formula is C5H9ClO3. The highest BCUT2D eigenvalue weighted by Gasteiger charge is 2.33. The van der Waals surface area contributed by atoms with E-state index < -0.39 is 6.16 Å². The van der Waals surface area contributed by atoms with Crippen molar-refractivity contribution in [2.45, 2.75) is 24.6 Å². The van der Waals surface area contributed by atoms with Crippen molar-refractivity contribution < 1.29 is 15.0 Å². The molecular weight excluding hydrogens is 144 g/mol. The Bertz CT molecular complexity index is 101. The Labute approximate surface area is 58.3 Å². The number of carbonyl (C=O) groups is 1. The molecule has 0 spiro atoms. The zero-order valence-corrected chi connectivity index (χ0v) is 5.85. The molecule has 0 atom stereocenters. The normalized spacial score (nSPS) is 19.3. The van der Waals surface area contributed by atoms with Gasteiger partial charge in [-0.2, -0.15) is 0 Å². The lowest BCUT2D eigenvalue weighted by Crippen LogP contribution is -1.81. The van der Waals surface area contributed by atoms with Gasteiger partial charge in [-0.3, -0.25) is 0 Å². The third-order valence-corrected chi connectivity index (χ3v) is 1.32. The number of hydrogen-bond donors (Lipinski definition) is 2. The molecule has 0 radical (unpaired) electrons. The van der Waals surface area contributed by atoms with Crippen LogP contribution in [0.25, 0.3) is 0 Å². The van der Waals surface area contributed by atoms with Crippen LogP contribution in [-0.4, -0.2) is 21.2 Å². The second-order valence-electron chi connectivity index (χ2n) is 2.20. The third-order valence-electron chi connectivity index (χ3n) is 0.939. The molecule has 1 fully saturated rings. The van der Waals surface area contributed by atoms with Gasteiger partial charge in [-0.1, -0.05) is 0 Å². The molecule has 0 aromatic rings. The highest BCUT2D eigenvalue weighted by Crippen LogP contribution is 2.41. The largest absolute Gasteiger partial charge is 0.503 e. The van der Waals surface area contributed by atoms with Crippen molar-refractivity contribution in [1.29, 1.82) is 0 Å². The van der Waals surface area contributed by atoms with Gasteiger partial charge in [-0.15, -0.1) is 11.6 Å². The van der Waals surface area contributed by atoms with Gasteiger partial charge in [0.15, 0.2) is 0 Å². The van der Waals surface area contributed by atoms with Gasteiger partial charge in [-0.05, 0) is 19.8 Å². The van der Waals surface area contributed by atoms with Gasteiger partial charge in [0, 0.05) is 4.87 Å². The van der Waals surface area contributed by atoms with Crippen LogP contribution in [0.5, 0.6) is 0 Å². The predicted octanol–water partition coefficient (Wildman–Crippen LogP) is 2.00. The minimum absolute atomic E-state index is 0.222. The summed E-state index contributed by atoms with van der Waals surface area (Å²) in [7, 11) is 0. The Kier molecular flexibility index (Phi) is 2.77. The topological polar surface area (TPSA) is 57.5 Å². The van der Waals surface area contributed by atoms with Crippen molar-refractivity contribution in [2.75, 3.05) is 0 Å². The van der Waals surface area contributed by atoms with E-state index in [1.165, 1.54) is 12.8 Å². The molecule has 0 aromatic heterocycles. The smallest absolute Gasteiger partial charge is 0.450 e. The first-order chi connectivity index (χ1) is 3.94. The fourth-order valence-corrected chi connectivity index (χ4v) is 0.267. The Morgan fingerprint density at radius 2 is 1.67 bits per heavy atom. The predicted molar refractivity (Wildman–Crippen MR) is 34.1 cm³/mol. The van der Waals surface area contributed by atoms with Crippen LogP contribution in [-0.2, 0) is 0 Å². The average Bonchev–Trinajstić information content (AvgIpc) is 2.16. The molecule has 0 saturated heterocycles. The molecule has 0 aromatic carbocycles. The number of rotatable bonds is 0. The molecule has 0 unspecified atom stereocenters. The first-order valence-electron chi connectivity index (χ1n) is 2.55. The average molecular weight is 153 g/mol. The van der Waals surface area contributed by atoms with Gasteiger partial charge >= 0.3 is 6.16 Å². The van der Waals surface area contributed by atoms with E-state index in [1.807, 2.05) is 0 Å². The molecule has 0 aliphatic heterocycles. The molecule has 3 nitrogen and oxygen atoms in total. The van der Waals surface area contributed by atoms with Crippen LogP contribution in [0.3, 0.4) is 0 Å². The Hall–Kier alpha value is -0.440. The molecule has 1 saturated carbocycles. The van der Waals surface area contributed by atoms with Gasteiger partial charge in [-0.25, -0.2) is 4.79 Å². The second kappa shape index (κ2) is 2.92. The van der Waals surface area contributed by atoms with E-state index in [-0.39, 0.29) is 4.87 Å².